The molecule has 0 heterocycles. The van der Waals surface area contributed by atoms with Crippen LogP contribution in [-0.2, 0) is 0 Å². The maximum absolute atomic E-state index is 13.2. The zero-order valence-corrected chi connectivity index (χ0v) is 9.98. The van der Waals surface area contributed by atoms with Crippen molar-refractivity contribution in [2.75, 3.05) is 7.11 Å². The molecule has 0 aliphatic heterocycles. The lowest BCUT2D eigenvalue weighted by atomic mass is 9.99. The van der Waals surface area contributed by atoms with Crippen LogP contribution in [0, 0.1) is 11.6 Å². The molecule has 0 aromatic heterocycles. The van der Waals surface area contributed by atoms with E-state index >= 15 is 0 Å². The second kappa shape index (κ2) is 5.06. The van der Waals surface area contributed by atoms with E-state index in [4.69, 9.17) is 9.84 Å². The summed E-state index contributed by atoms with van der Waals surface area (Å²) in [4.78, 5) is 11.1. The van der Waals surface area contributed by atoms with Crippen molar-refractivity contribution in [3.05, 3.63) is 53.6 Å². The zero-order valence-electron chi connectivity index (χ0n) is 9.98. The van der Waals surface area contributed by atoms with E-state index in [2.05, 4.69) is 0 Å². The highest BCUT2D eigenvalue weighted by Gasteiger charge is 2.14. The monoisotopic (exact) mass is 264 g/mol. The van der Waals surface area contributed by atoms with Gasteiger partial charge in [0.2, 0.25) is 0 Å². The number of rotatable bonds is 3. The molecular weight excluding hydrogens is 254 g/mol. The van der Waals surface area contributed by atoms with E-state index in [0.717, 1.165) is 12.1 Å². The van der Waals surface area contributed by atoms with E-state index in [1.807, 2.05) is 0 Å². The van der Waals surface area contributed by atoms with Crippen LogP contribution < -0.4 is 4.74 Å². The van der Waals surface area contributed by atoms with Crippen molar-refractivity contribution in [1.29, 1.82) is 0 Å². The lowest BCUT2D eigenvalue weighted by molar-refractivity contribution is 0.0697. The normalized spacial score (nSPS) is 10.3. The fraction of sp³-hybridized carbons (Fsp3) is 0.0714. The summed E-state index contributed by atoms with van der Waals surface area (Å²) in [5.74, 6) is -2.73. The molecule has 0 atom stereocenters. The summed E-state index contributed by atoms with van der Waals surface area (Å²) in [6, 6.07) is 7.55. The van der Waals surface area contributed by atoms with Crippen molar-refractivity contribution < 1.29 is 23.4 Å². The minimum atomic E-state index is -1.15. The van der Waals surface area contributed by atoms with Crippen molar-refractivity contribution in [2.24, 2.45) is 0 Å². The summed E-state index contributed by atoms with van der Waals surface area (Å²) in [6.07, 6.45) is 0. The Morgan fingerprint density at radius 1 is 1.11 bits per heavy atom. The number of ether oxygens (including phenoxy) is 1. The van der Waals surface area contributed by atoms with Crippen molar-refractivity contribution in [2.45, 2.75) is 0 Å². The highest BCUT2D eigenvalue weighted by molar-refractivity contribution is 5.96. The average Bonchev–Trinajstić information content (AvgIpc) is 2.41. The molecule has 98 valence electrons. The van der Waals surface area contributed by atoms with Gasteiger partial charge in [0.15, 0.2) is 11.6 Å². The molecule has 3 nitrogen and oxygen atoms in total. The fourth-order valence-electron chi connectivity index (χ4n) is 1.74. The topological polar surface area (TPSA) is 46.5 Å². The Morgan fingerprint density at radius 2 is 1.84 bits per heavy atom. The smallest absolute Gasteiger partial charge is 0.336 e. The van der Waals surface area contributed by atoms with Crippen LogP contribution in [0.25, 0.3) is 11.1 Å². The van der Waals surface area contributed by atoms with Crippen LogP contribution in [0.1, 0.15) is 10.4 Å². The first-order valence-electron chi connectivity index (χ1n) is 5.39. The number of halogens is 2. The minimum absolute atomic E-state index is 0.00759. The van der Waals surface area contributed by atoms with Crippen LogP contribution >= 0.6 is 0 Å². The highest BCUT2D eigenvalue weighted by Crippen LogP contribution is 2.29. The Kier molecular flexibility index (Phi) is 3.46. The van der Waals surface area contributed by atoms with Gasteiger partial charge in [-0.25, -0.2) is 13.6 Å². The van der Waals surface area contributed by atoms with Gasteiger partial charge in [0, 0.05) is 0 Å². The number of benzene rings is 2. The third-order valence-electron chi connectivity index (χ3n) is 2.69. The van der Waals surface area contributed by atoms with Gasteiger partial charge in [-0.1, -0.05) is 6.07 Å². The van der Waals surface area contributed by atoms with Gasteiger partial charge in [-0.2, -0.15) is 0 Å². The molecule has 0 spiro atoms. The number of aromatic carboxylic acids is 1. The minimum Gasteiger partial charge on any atom is -0.497 e. The predicted octanol–water partition coefficient (Wildman–Crippen LogP) is 3.34. The maximum atomic E-state index is 13.2. The lowest BCUT2D eigenvalue weighted by Gasteiger charge is -2.09. The van der Waals surface area contributed by atoms with E-state index in [-0.39, 0.29) is 16.7 Å². The van der Waals surface area contributed by atoms with Crippen LogP contribution in [0.15, 0.2) is 36.4 Å². The highest BCUT2D eigenvalue weighted by atomic mass is 19.2. The lowest BCUT2D eigenvalue weighted by Crippen LogP contribution is -2.00. The van der Waals surface area contributed by atoms with Crippen molar-refractivity contribution >= 4 is 5.97 Å². The molecule has 0 fully saturated rings. The Labute approximate surface area is 108 Å². The second-order valence-electron chi connectivity index (χ2n) is 3.85. The van der Waals surface area contributed by atoms with E-state index < -0.39 is 17.6 Å². The molecule has 0 radical (unpaired) electrons. The van der Waals surface area contributed by atoms with E-state index in [9.17, 15) is 13.6 Å². The molecule has 0 saturated heterocycles. The Balaban J connectivity index is 2.64. The van der Waals surface area contributed by atoms with Gasteiger partial charge in [0.25, 0.3) is 0 Å². The molecule has 2 aromatic carbocycles. The van der Waals surface area contributed by atoms with Crippen molar-refractivity contribution in [3.63, 3.8) is 0 Å². The molecule has 1 N–H and O–H groups in total. The van der Waals surface area contributed by atoms with Gasteiger partial charge in [0.1, 0.15) is 5.75 Å². The number of carboxylic acid groups (broad SMARTS) is 1. The second-order valence-corrected chi connectivity index (χ2v) is 3.85. The number of hydrogen-bond acceptors (Lipinski definition) is 2. The SMILES string of the molecule is COc1ccc(C(=O)O)c(-c2ccc(F)c(F)c2)c1. The van der Waals surface area contributed by atoms with E-state index in [1.54, 1.807) is 0 Å². The van der Waals surface area contributed by atoms with Gasteiger partial charge in [-0.15, -0.1) is 0 Å². The number of carboxylic acids is 1. The molecule has 0 aliphatic carbocycles. The van der Waals surface area contributed by atoms with Crippen LogP contribution in [0.5, 0.6) is 5.75 Å². The van der Waals surface area contributed by atoms with E-state index in [0.29, 0.717) is 5.75 Å². The first-order valence-corrected chi connectivity index (χ1v) is 5.39. The number of methoxy groups -OCH3 is 1. The summed E-state index contributed by atoms with van der Waals surface area (Å²) >= 11 is 0. The number of hydrogen-bond donors (Lipinski definition) is 1. The van der Waals surface area contributed by atoms with Gasteiger partial charge in [-0.05, 0) is 41.5 Å². The third kappa shape index (κ3) is 2.54. The van der Waals surface area contributed by atoms with Crippen LogP contribution in [0.3, 0.4) is 0 Å². The van der Waals surface area contributed by atoms with Gasteiger partial charge in [0.05, 0.1) is 12.7 Å². The van der Waals surface area contributed by atoms with Gasteiger partial charge in [-0.3, -0.25) is 0 Å². The maximum Gasteiger partial charge on any atom is 0.336 e. The fourth-order valence-corrected chi connectivity index (χ4v) is 1.74. The zero-order chi connectivity index (χ0) is 14.0. The van der Waals surface area contributed by atoms with E-state index in [1.165, 1.54) is 31.4 Å². The van der Waals surface area contributed by atoms with Crippen LogP contribution in [0.4, 0.5) is 8.78 Å². The van der Waals surface area contributed by atoms with Crippen molar-refractivity contribution in [3.8, 4) is 16.9 Å². The van der Waals surface area contributed by atoms with Gasteiger partial charge >= 0.3 is 5.97 Å². The largest absolute Gasteiger partial charge is 0.497 e. The molecule has 0 unspecified atom stereocenters. The molecule has 0 bridgehead atoms. The Bertz CT molecular complexity index is 639. The summed E-state index contributed by atoms with van der Waals surface area (Å²) in [5, 5.41) is 9.11. The van der Waals surface area contributed by atoms with Crippen molar-refractivity contribution in [1.82, 2.24) is 0 Å². The molecule has 2 rings (SSSR count). The molecule has 0 aliphatic rings. The summed E-state index contributed by atoms with van der Waals surface area (Å²) < 4.78 is 31.1. The summed E-state index contributed by atoms with van der Waals surface area (Å²) in [7, 11) is 1.44. The first kappa shape index (κ1) is 13.0. The molecule has 2 aromatic rings. The van der Waals surface area contributed by atoms with Crippen LogP contribution in [0.2, 0.25) is 0 Å². The molecule has 0 amide bonds. The molecule has 19 heavy (non-hydrogen) atoms. The molecule has 0 saturated carbocycles. The summed E-state index contributed by atoms with van der Waals surface area (Å²) in [5.41, 5.74) is 0.535. The third-order valence-corrected chi connectivity index (χ3v) is 2.69. The Hall–Kier alpha value is -2.43. The summed E-state index contributed by atoms with van der Waals surface area (Å²) in [6.45, 7) is 0. The van der Waals surface area contributed by atoms with Gasteiger partial charge < -0.3 is 9.84 Å². The predicted molar refractivity (Wildman–Crippen MR) is 65.3 cm³/mol. The Morgan fingerprint density at radius 3 is 2.42 bits per heavy atom. The standard InChI is InChI=1S/C14H10F2O3/c1-19-9-3-4-10(14(17)18)11(7-9)8-2-5-12(15)13(16)6-8/h2-7H,1H3,(H,17,18). The number of carbonyl (C=O) groups is 1. The average molecular weight is 264 g/mol. The quantitative estimate of drug-likeness (QED) is 0.924. The molecule has 5 heteroatoms. The molecular formula is C14H10F2O3. The van der Waals surface area contributed by atoms with Crippen LogP contribution in [-0.4, -0.2) is 18.2 Å². The first-order chi connectivity index (χ1) is 9.02.